The zero-order valence-corrected chi connectivity index (χ0v) is 11.4. The monoisotopic (exact) mass is 254 g/mol. The zero-order chi connectivity index (χ0) is 12.3. The summed E-state index contributed by atoms with van der Waals surface area (Å²) in [6.07, 6.45) is 4.47. The minimum atomic E-state index is 0.768. The van der Waals surface area contributed by atoms with Crippen molar-refractivity contribution in [3.63, 3.8) is 0 Å². The first-order valence-electron chi connectivity index (χ1n) is 6.33. The van der Waals surface area contributed by atoms with Gasteiger partial charge >= 0.3 is 0 Å². The standard InChI is InChI=1S/C14H22O2S/c1-2-10-15-13-6-8-14(9-7-13)16-11-4-3-5-12-17/h6-9,17H,2-5,10-12H2,1H3. The van der Waals surface area contributed by atoms with Crippen LogP contribution in [-0.2, 0) is 0 Å². The van der Waals surface area contributed by atoms with Crippen molar-refractivity contribution in [3.8, 4) is 11.5 Å². The molecule has 0 aliphatic carbocycles. The lowest BCUT2D eigenvalue weighted by atomic mass is 10.2. The van der Waals surface area contributed by atoms with Gasteiger partial charge in [0.15, 0.2) is 0 Å². The van der Waals surface area contributed by atoms with Gasteiger partial charge in [-0.05, 0) is 55.7 Å². The van der Waals surface area contributed by atoms with E-state index in [9.17, 15) is 0 Å². The molecule has 0 aliphatic rings. The van der Waals surface area contributed by atoms with Crippen LogP contribution in [0.4, 0.5) is 0 Å². The lowest BCUT2D eigenvalue weighted by Crippen LogP contribution is -1.98. The predicted octanol–water partition coefficient (Wildman–Crippen LogP) is 3.95. The highest BCUT2D eigenvalue weighted by Crippen LogP contribution is 2.18. The second-order valence-electron chi connectivity index (χ2n) is 3.95. The molecule has 0 unspecified atom stereocenters. The predicted molar refractivity (Wildman–Crippen MR) is 75.4 cm³/mol. The van der Waals surface area contributed by atoms with Gasteiger partial charge in [0, 0.05) is 0 Å². The Labute approximate surface area is 110 Å². The molecule has 0 atom stereocenters. The fourth-order valence-electron chi connectivity index (χ4n) is 1.43. The summed E-state index contributed by atoms with van der Waals surface area (Å²) in [5, 5.41) is 0. The average molecular weight is 254 g/mol. The molecule has 17 heavy (non-hydrogen) atoms. The van der Waals surface area contributed by atoms with Gasteiger partial charge in [-0.3, -0.25) is 0 Å². The molecule has 1 aromatic rings. The molecule has 0 heterocycles. The minimum Gasteiger partial charge on any atom is -0.494 e. The van der Waals surface area contributed by atoms with Gasteiger partial charge in [-0.2, -0.15) is 12.6 Å². The molecule has 1 aromatic carbocycles. The van der Waals surface area contributed by atoms with E-state index >= 15 is 0 Å². The number of thiol groups is 1. The van der Waals surface area contributed by atoms with Crippen molar-refractivity contribution in [2.45, 2.75) is 32.6 Å². The molecular weight excluding hydrogens is 232 g/mol. The lowest BCUT2D eigenvalue weighted by molar-refractivity contribution is 0.302. The summed E-state index contributed by atoms with van der Waals surface area (Å²) < 4.78 is 11.1. The van der Waals surface area contributed by atoms with Crippen molar-refractivity contribution in [1.29, 1.82) is 0 Å². The van der Waals surface area contributed by atoms with Crippen LogP contribution in [0.1, 0.15) is 32.6 Å². The van der Waals surface area contributed by atoms with Crippen LogP contribution in [0.3, 0.4) is 0 Å². The van der Waals surface area contributed by atoms with Gasteiger partial charge < -0.3 is 9.47 Å². The normalized spacial score (nSPS) is 10.2. The maximum atomic E-state index is 5.63. The fourth-order valence-corrected chi connectivity index (χ4v) is 1.66. The Morgan fingerprint density at radius 1 is 0.882 bits per heavy atom. The molecule has 1 rings (SSSR count). The van der Waals surface area contributed by atoms with Crippen molar-refractivity contribution >= 4 is 12.6 Å². The second kappa shape index (κ2) is 9.23. The van der Waals surface area contributed by atoms with E-state index in [4.69, 9.17) is 9.47 Å². The van der Waals surface area contributed by atoms with E-state index in [1.54, 1.807) is 0 Å². The molecule has 0 saturated heterocycles. The molecule has 0 amide bonds. The van der Waals surface area contributed by atoms with Gasteiger partial charge in [-0.1, -0.05) is 6.92 Å². The van der Waals surface area contributed by atoms with Crippen molar-refractivity contribution in [1.82, 2.24) is 0 Å². The van der Waals surface area contributed by atoms with Crippen LogP contribution in [0.2, 0.25) is 0 Å². The van der Waals surface area contributed by atoms with Crippen LogP contribution in [-0.4, -0.2) is 19.0 Å². The lowest BCUT2D eigenvalue weighted by Gasteiger charge is -2.07. The van der Waals surface area contributed by atoms with E-state index in [0.29, 0.717) is 0 Å². The molecule has 96 valence electrons. The Morgan fingerprint density at radius 3 is 2.00 bits per heavy atom. The minimum absolute atomic E-state index is 0.768. The first-order chi connectivity index (χ1) is 8.36. The summed E-state index contributed by atoms with van der Waals surface area (Å²) in [6, 6.07) is 7.84. The van der Waals surface area contributed by atoms with Crippen LogP contribution in [0, 0.1) is 0 Å². The highest BCUT2D eigenvalue weighted by molar-refractivity contribution is 7.80. The smallest absolute Gasteiger partial charge is 0.119 e. The summed E-state index contributed by atoms with van der Waals surface area (Å²) in [4.78, 5) is 0. The first-order valence-corrected chi connectivity index (χ1v) is 6.96. The summed E-state index contributed by atoms with van der Waals surface area (Å²) in [6.45, 7) is 3.65. The van der Waals surface area contributed by atoms with E-state index in [1.165, 1.54) is 6.42 Å². The Bertz CT molecular complexity index is 285. The number of hydrogen-bond acceptors (Lipinski definition) is 3. The average Bonchev–Trinajstić information content (AvgIpc) is 2.37. The van der Waals surface area contributed by atoms with Gasteiger partial charge in [0.1, 0.15) is 11.5 Å². The van der Waals surface area contributed by atoms with Crippen LogP contribution in [0.25, 0.3) is 0 Å². The maximum Gasteiger partial charge on any atom is 0.119 e. The molecule has 2 nitrogen and oxygen atoms in total. The number of benzene rings is 1. The third-order valence-corrected chi connectivity index (χ3v) is 2.68. The third-order valence-electron chi connectivity index (χ3n) is 2.37. The van der Waals surface area contributed by atoms with Crippen molar-refractivity contribution in [3.05, 3.63) is 24.3 Å². The topological polar surface area (TPSA) is 18.5 Å². The number of unbranched alkanes of at least 4 members (excludes halogenated alkanes) is 2. The van der Waals surface area contributed by atoms with E-state index in [-0.39, 0.29) is 0 Å². The van der Waals surface area contributed by atoms with Gasteiger partial charge in [0.2, 0.25) is 0 Å². The molecule has 0 spiro atoms. The Morgan fingerprint density at radius 2 is 1.47 bits per heavy atom. The van der Waals surface area contributed by atoms with Crippen LogP contribution >= 0.6 is 12.6 Å². The van der Waals surface area contributed by atoms with E-state index in [2.05, 4.69) is 19.6 Å². The van der Waals surface area contributed by atoms with Crippen LogP contribution < -0.4 is 9.47 Å². The summed E-state index contributed by atoms with van der Waals surface area (Å²) in [7, 11) is 0. The van der Waals surface area contributed by atoms with Crippen LogP contribution in [0.5, 0.6) is 11.5 Å². The Hall–Kier alpha value is -0.830. The van der Waals surface area contributed by atoms with Gasteiger partial charge in [0.25, 0.3) is 0 Å². The molecule has 0 aliphatic heterocycles. The Kier molecular flexibility index (Phi) is 7.72. The van der Waals surface area contributed by atoms with E-state index in [1.807, 2.05) is 24.3 Å². The van der Waals surface area contributed by atoms with Gasteiger partial charge in [-0.15, -0.1) is 0 Å². The zero-order valence-electron chi connectivity index (χ0n) is 10.5. The molecule has 0 bridgehead atoms. The number of ether oxygens (including phenoxy) is 2. The maximum absolute atomic E-state index is 5.63. The fraction of sp³-hybridized carbons (Fsp3) is 0.571. The molecule has 0 saturated carbocycles. The molecular formula is C14H22O2S. The SMILES string of the molecule is CCCOc1ccc(OCCCCCS)cc1. The first kappa shape index (κ1) is 14.2. The summed E-state index contributed by atoms with van der Waals surface area (Å²) in [5.41, 5.74) is 0. The molecule has 3 heteroatoms. The number of rotatable bonds is 9. The highest BCUT2D eigenvalue weighted by Gasteiger charge is 1.96. The summed E-state index contributed by atoms with van der Waals surface area (Å²) >= 11 is 4.18. The summed E-state index contributed by atoms with van der Waals surface area (Å²) in [5.74, 6) is 2.79. The highest BCUT2D eigenvalue weighted by atomic mass is 32.1. The third kappa shape index (κ3) is 6.47. The molecule has 0 fully saturated rings. The van der Waals surface area contributed by atoms with Crippen molar-refractivity contribution in [2.24, 2.45) is 0 Å². The molecule has 0 radical (unpaired) electrons. The molecule has 0 N–H and O–H groups in total. The van der Waals surface area contributed by atoms with Crippen molar-refractivity contribution < 1.29 is 9.47 Å². The quantitative estimate of drug-likeness (QED) is 0.531. The molecule has 0 aromatic heterocycles. The van der Waals surface area contributed by atoms with Crippen molar-refractivity contribution in [2.75, 3.05) is 19.0 Å². The largest absolute Gasteiger partial charge is 0.494 e. The second-order valence-corrected chi connectivity index (χ2v) is 4.40. The van der Waals surface area contributed by atoms with E-state index < -0.39 is 0 Å². The Balaban J connectivity index is 2.20. The van der Waals surface area contributed by atoms with Gasteiger partial charge in [-0.25, -0.2) is 0 Å². The van der Waals surface area contributed by atoms with E-state index in [0.717, 1.165) is 49.7 Å². The van der Waals surface area contributed by atoms with Crippen LogP contribution in [0.15, 0.2) is 24.3 Å². The number of hydrogen-bond donors (Lipinski definition) is 1. The van der Waals surface area contributed by atoms with Gasteiger partial charge in [0.05, 0.1) is 13.2 Å².